The summed E-state index contributed by atoms with van der Waals surface area (Å²) >= 11 is 0. The van der Waals surface area contributed by atoms with Gasteiger partial charge in [0.15, 0.2) is 0 Å². The van der Waals surface area contributed by atoms with E-state index in [1.54, 1.807) is 0 Å². The number of amides is 1. The average Bonchev–Trinajstić information content (AvgIpc) is 2.25. The number of nitrogens with zero attached hydrogens (tertiary/aromatic N) is 2. The van der Waals surface area contributed by atoms with Crippen LogP contribution in [-0.2, 0) is 4.79 Å². The number of carbonyl (C=O) groups excluding carboxylic acids is 1. The molecule has 0 aliphatic carbocycles. The van der Waals surface area contributed by atoms with E-state index in [4.69, 9.17) is 5.73 Å². The summed E-state index contributed by atoms with van der Waals surface area (Å²) in [6, 6.07) is 0.490. The van der Waals surface area contributed by atoms with E-state index < -0.39 is 0 Å². The van der Waals surface area contributed by atoms with Crippen molar-refractivity contribution < 1.29 is 4.79 Å². The highest BCUT2D eigenvalue weighted by Crippen LogP contribution is 2.10. The van der Waals surface area contributed by atoms with Crippen molar-refractivity contribution in [3.8, 4) is 0 Å². The van der Waals surface area contributed by atoms with Gasteiger partial charge in [-0.05, 0) is 20.8 Å². The first-order valence-corrected chi connectivity index (χ1v) is 5.82. The zero-order valence-electron chi connectivity index (χ0n) is 10.1. The SMILES string of the molecule is CCN1C(=O)CCN(CC(C)N)CC1C. The van der Waals surface area contributed by atoms with Crippen molar-refractivity contribution in [3.63, 3.8) is 0 Å². The van der Waals surface area contributed by atoms with Crippen LogP contribution in [0.2, 0.25) is 0 Å². The molecule has 1 amide bonds. The van der Waals surface area contributed by atoms with Crippen molar-refractivity contribution >= 4 is 5.91 Å². The van der Waals surface area contributed by atoms with Crippen LogP contribution in [0, 0.1) is 0 Å². The normalized spacial score (nSPS) is 26.5. The summed E-state index contributed by atoms with van der Waals surface area (Å²) in [6.07, 6.45) is 0.630. The van der Waals surface area contributed by atoms with Crippen molar-refractivity contribution in [1.82, 2.24) is 9.80 Å². The van der Waals surface area contributed by atoms with E-state index in [0.717, 1.165) is 26.2 Å². The van der Waals surface area contributed by atoms with Gasteiger partial charge in [0.1, 0.15) is 0 Å². The topological polar surface area (TPSA) is 49.6 Å². The largest absolute Gasteiger partial charge is 0.339 e. The van der Waals surface area contributed by atoms with Gasteiger partial charge in [-0.25, -0.2) is 0 Å². The molecular formula is C11H23N3O. The molecule has 2 atom stereocenters. The molecule has 0 saturated carbocycles. The quantitative estimate of drug-likeness (QED) is 0.732. The third-order valence-corrected chi connectivity index (χ3v) is 2.90. The van der Waals surface area contributed by atoms with Crippen molar-refractivity contribution in [3.05, 3.63) is 0 Å². The van der Waals surface area contributed by atoms with Crippen LogP contribution in [0.15, 0.2) is 0 Å². The number of carbonyl (C=O) groups is 1. The lowest BCUT2D eigenvalue weighted by Gasteiger charge is -2.28. The summed E-state index contributed by atoms with van der Waals surface area (Å²) in [5.74, 6) is 0.275. The number of hydrogen-bond donors (Lipinski definition) is 1. The van der Waals surface area contributed by atoms with Gasteiger partial charge in [0.2, 0.25) is 5.91 Å². The summed E-state index contributed by atoms with van der Waals surface area (Å²) in [5, 5.41) is 0. The van der Waals surface area contributed by atoms with Crippen LogP contribution in [0.4, 0.5) is 0 Å². The molecule has 1 fully saturated rings. The molecule has 0 aromatic rings. The molecule has 4 heteroatoms. The lowest BCUT2D eigenvalue weighted by molar-refractivity contribution is -0.131. The molecule has 88 valence electrons. The van der Waals surface area contributed by atoms with Crippen LogP contribution in [0.1, 0.15) is 27.2 Å². The van der Waals surface area contributed by atoms with Crippen LogP contribution < -0.4 is 5.73 Å². The molecule has 1 heterocycles. The summed E-state index contributed by atoms with van der Waals surface area (Å²) in [4.78, 5) is 16.0. The van der Waals surface area contributed by atoms with E-state index in [0.29, 0.717) is 12.5 Å². The van der Waals surface area contributed by atoms with E-state index in [1.165, 1.54) is 0 Å². The second-order valence-corrected chi connectivity index (χ2v) is 4.52. The highest BCUT2D eigenvalue weighted by molar-refractivity contribution is 5.77. The van der Waals surface area contributed by atoms with Gasteiger partial charge < -0.3 is 10.6 Å². The summed E-state index contributed by atoms with van der Waals surface area (Å²) in [6.45, 7) is 9.65. The molecule has 0 aromatic heterocycles. The summed E-state index contributed by atoms with van der Waals surface area (Å²) < 4.78 is 0. The van der Waals surface area contributed by atoms with Gasteiger partial charge in [0.25, 0.3) is 0 Å². The molecular weight excluding hydrogens is 190 g/mol. The molecule has 1 rings (SSSR count). The van der Waals surface area contributed by atoms with E-state index >= 15 is 0 Å². The fraction of sp³-hybridized carbons (Fsp3) is 0.909. The lowest BCUT2D eigenvalue weighted by atomic mass is 10.2. The fourth-order valence-corrected chi connectivity index (χ4v) is 2.27. The first-order valence-electron chi connectivity index (χ1n) is 5.82. The third kappa shape index (κ3) is 3.47. The zero-order valence-corrected chi connectivity index (χ0v) is 10.1. The smallest absolute Gasteiger partial charge is 0.224 e. The Bertz CT molecular complexity index is 218. The number of hydrogen-bond acceptors (Lipinski definition) is 3. The Hall–Kier alpha value is -0.610. The highest BCUT2D eigenvalue weighted by atomic mass is 16.2. The molecule has 1 aliphatic rings. The summed E-state index contributed by atoms with van der Waals surface area (Å²) in [7, 11) is 0. The van der Waals surface area contributed by atoms with E-state index in [9.17, 15) is 4.79 Å². The minimum Gasteiger partial charge on any atom is -0.339 e. The second-order valence-electron chi connectivity index (χ2n) is 4.52. The zero-order chi connectivity index (χ0) is 11.4. The van der Waals surface area contributed by atoms with Gasteiger partial charge >= 0.3 is 0 Å². The molecule has 15 heavy (non-hydrogen) atoms. The van der Waals surface area contributed by atoms with Gasteiger partial charge in [0.05, 0.1) is 0 Å². The molecule has 0 aromatic carbocycles. The van der Waals surface area contributed by atoms with E-state index in [2.05, 4.69) is 11.8 Å². The Morgan fingerprint density at radius 3 is 2.80 bits per heavy atom. The average molecular weight is 213 g/mol. The molecule has 2 N–H and O–H groups in total. The lowest BCUT2D eigenvalue weighted by Crippen LogP contribution is -2.43. The highest BCUT2D eigenvalue weighted by Gasteiger charge is 2.25. The molecule has 0 radical (unpaired) electrons. The Morgan fingerprint density at radius 2 is 2.27 bits per heavy atom. The van der Waals surface area contributed by atoms with Gasteiger partial charge in [-0.1, -0.05) is 0 Å². The maximum atomic E-state index is 11.8. The van der Waals surface area contributed by atoms with Gasteiger partial charge in [-0.15, -0.1) is 0 Å². The Balaban J connectivity index is 2.58. The van der Waals surface area contributed by atoms with Crippen LogP contribution in [-0.4, -0.2) is 54.0 Å². The monoisotopic (exact) mass is 213 g/mol. The third-order valence-electron chi connectivity index (χ3n) is 2.90. The second kappa shape index (κ2) is 5.47. The minimum atomic E-state index is 0.181. The van der Waals surface area contributed by atoms with Gasteiger partial charge in [-0.3, -0.25) is 9.69 Å². The standard InChI is InChI=1S/C11H23N3O/c1-4-14-10(3)8-13(7-9(2)12)6-5-11(14)15/h9-10H,4-8,12H2,1-3H3. The Morgan fingerprint density at radius 1 is 1.60 bits per heavy atom. The Labute approximate surface area is 92.4 Å². The minimum absolute atomic E-state index is 0.181. The molecule has 1 saturated heterocycles. The first kappa shape index (κ1) is 12.5. The van der Waals surface area contributed by atoms with Crippen LogP contribution in [0.25, 0.3) is 0 Å². The number of nitrogens with two attached hydrogens (primary N) is 1. The fourth-order valence-electron chi connectivity index (χ4n) is 2.27. The Kier molecular flexibility index (Phi) is 4.54. The predicted octanol–water partition coefficient (Wildman–Crippen LogP) is 0.276. The van der Waals surface area contributed by atoms with Crippen LogP contribution in [0.5, 0.6) is 0 Å². The van der Waals surface area contributed by atoms with Crippen molar-refractivity contribution in [2.75, 3.05) is 26.2 Å². The van der Waals surface area contributed by atoms with Gasteiger partial charge in [0, 0.05) is 44.7 Å². The molecule has 0 bridgehead atoms. The molecule has 1 aliphatic heterocycles. The molecule has 4 nitrogen and oxygen atoms in total. The first-order chi connectivity index (χ1) is 7.04. The molecule has 0 spiro atoms. The van der Waals surface area contributed by atoms with Crippen molar-refractivity contribution in [1.29, 1.82) is 0 Å². The van der Waals surface area contributed by atoms with E-state index in [-0.39, 0.29) is 11.9 Å². The van der Waals surface area contributed by atoms with E-state index in [1.807, 2.05) is 18.7 Å². The summed E-state index contributed by atoms with van der Waals surface area (Å²) in [5.41, 5.74) is 5.78. The maximum absolute atomic E-state index is 11.8. The molecule has 2 unspecified atom stereocenters. The van der Waals surface area contributed by atoms with Gasteiger partial charge in [-0.2, -0.15) is 0 Å². The van der Waals surface area contributed by atoms with Crippen molar-refractivity contribution in [2.24, 2.45) is 5.73 Å². The number of likely N-dealkylation sites (N-methyl/N-ethyl adjacent to an activating group) is 1. The predicted molar refractivity (Wildman–Crippen MR) is 61.6 cm³/mol. The number of rotatable bonds is 3. The van der Waals surface area contributed by atoms with Crippen LogP contribution in [0.3, 0.4) is 0 Å². The van der Waals surface area contributed by atoms with Crippen LogP contribution >= 0.6 is 0 Å². The van der Waals surface area contributed by atoms with Crippen molar-refractivity contribution in [2.45, 2.75) is 39.3 Å². The maximum Gasteiger partial charge on any atom is 0.224 e.